The van der Waals surface area contributed by atoms with Crippen molar-refractivity contribution in [2.75, 3.05) is 5.32 Å². The summed E-state index contributed by atoms with van der Waals surface area (Å²) in [5.74, 6) is 0.128. The maximum absolute atomic E-state index is 13.7. The van der Waals surface area contributed by atoms with Crippen LogP contribution in [0.4, 0.5) is 5.69 Å². The molecular weight excluding hydrogens is 412 g/mol. The van der Waals surface area contributed by atoms with Crippen LogP contribution in [0.15, 0.2) is 60.7 Å². The van der Waals surface area contributed by atoms with Gasteiger partial charge in [0.1, 0.15) is 6.04 Å². The van der Waals surface area contributed by atoms with Crippen LogP contribution in [0.1, 0.15) is 23.1 Å². The fraction of sp³-hybridized carbons (Fsp3) is 0.393. The molecule has 2 saturated carbocycles. The van der Waals surface area contributed by atoms with Gasteiger partial charge in [-0.2, -0.15) is 0 Å². The Morgan fingerprint density at radius 1 is 0.970 bits per heavy atom. The van der Waals surface area contributed by atoms with E-state index in [0.717, 1.165) is 28.8 Å². The number of carbonyl (C=O) groups is 3. The van der Waals surface area contributed by atoms with Crippen molar-refractivity contribution < 1.29 is 14.4 Å². The second-order valence-electron chi connectivity index (χ2n) is 10.2. The number of benzene rings is 2. The summed E-state index contributed by atoms with van der Waals surface area (Å²) < 4.78 is 0. The van der Waals surface area contributed by atoms with E-state index in [-0.39, 0.29) is 41.4 Å². The summed E-state index contributed by atoms with van der Waals surface area (Å²) in [7, 11) is 0. The molecule has 5 nitrogen and oxygen atoms in total. The van der Waals surface area contributed by atoms with Crippen LogP contribution >= 0.6 is 0 Å². The fourth-order valence-electron chi connectivity index (χ4n) is 6.51. The molecule has 2 bridgehead atoms. The Morgan fingerprint density at radius 3 is 2.24 bits per heavy atom. The highest BCUT2D eigenvalue weighted by Crippen LogP contribution is 2.65. The van der Waals surface area contributed by atoms with E-state index in [4.69, 9.17) is 0 Å². The first-order valence-corrected chi connectivity index (χ1v) is 11.9. The van der Waals surface area contributed by atoms with Gasteiger partial charge in [-0.25, -0.2) is 0 Å². The molecule has 4 aliphatic carbocycles. The Morgan fingerprint density at radius 2 is 1.61 bits per heavy atom. The van der Waals surface area contributed by atoms with Crippen molar-refractivity contribution in [3.05, 3.63) is 77.4 Å². The number of nitrogens with one attached hydrogen (secondary N) is 1. The highest BCUT2D eigenvalue weighted by Gasteiger charge is 2.67. The van der Waals surface area contributed by atoms with E-state index in [2.05, 4.69) is 17.5 Å². The quantitative estimate of drug-likeness (QED) is 0.566. The average Bonchev–Trinajstić information content (AvgIpc) is 3.59. The molecule has 1 saturated heterocycles. The highest BCUT2D eigenvalue weighted by molar-refractivity contribution is 6.11. The minimum absolute atomic E-state index is 0.144. The molecular formula is C28H28N2O3. The van der Waals surface area contributed by atoms with E-state index in [1.165, 1.54) is 4.90 Å². The lowest BCUT2D eigenvalue weighted by molar-refractivity contribution is -0.146. The number of rotatable bonds is 5. The van der Waals surface area contributed by atoms with Gasteiger partial charge >= 0.3 is 0 Å². The zero-order valence-corrected chi connectivity index (χ0v) is 18.9. The van der Waals surface area contributed by atoms with Crippen LogP contribution in [0.3, 0.4) is 0 Å². The Kier molecular flexibility index (Phi) is 4.58. The van der Waals surface area contributed by atoms with E-state index >= 15 is 0 Å². The first-order valence-electron chi connectivity index (χ1n) is 11.9. The van der Waals surface area contributed by atoms with Gasteiger partial charge in [0, 0.05) is 12.1 Å². The van der Waals surface area contributed by atoms with Gasteiger partial charge < -0.3 is 5.32 Å². The third kappa shape index (κ3) is 3.17. The van der Waals surface area contributed by atoms with Crippen LogP contribution in [-0.2, 0) is 20.8 Å². The van der Waals surface area contributed by atoms with Gasteiger partial charge in [-0.15, -0.1) is 0 Å². The van der Waals surface area contributed by atoms with Crippen molar-refractivity contribution in [2.45, 2.75) is 32.7 Å². The van der Waals surface area contributed by atoms with E-state index in [0.29, 0.717) is 18.3 Å². The molecule has 33 heavy (non-hydrogen) atoms. The summed E-state index contributed by atoms with van der Waals surface area (Å²) in [5.41, 5.74) is 3.63. The van der Waals surface area contributed by atoms with Crippen molar-refractivity contribution in [2.24, 2.45) is 35.5 Å². The molecule has 7 rings (SSSR count). The summed E-state index contributed by atoms with van der Waals surface area (Å²) in [6.07, 6.45) is 5.76. The second kappa shape index (κ2) is 7.41. The summed E-state index contributed by atoms with van der Waals surface area (Å²) in [5, 5.41) is 3.03. The third-order valence-electron chi connectivity index (χ3n) is 8.23. The summed E-state index contributed by atoms with van der Waals surface area (Å²) >= 11 is 0. The Labute approximate surface area is 193 Å². The third-order valence-corrected chi connectivity index (χ3v) is 8.23. The zero-order valence-electron chi connectivity index (χ0n) is 18.9. The number of carbonyl (C=O) groups excluding carboxylic acids is 3. The van der Waals surface area contributed by atoms with E-state index in [1.807, 2.05) is 62.4 Å². The maximum Gasteiger partial charge on any atom is 0.248 e. The molecule has 1 heterocycles. The zero-order chi connectivity index (χ0) is 22.9. The topological polar surface area (TPSA) is 66.5 Å². The number of hydrogen-bond donors (Lipinski definition) is 1. The van der Waals surface area contributed by atoms with Crippen molar-refractivity contribution in [1.29, 1.82) is 0 Å². The molecule has 5 heteroatoms. The number of aryl methyl sites for hydroxylation is 2. The normalized spacial score (nSPS) is 31.9. The van der Waals surface area contributed by atoms with Gasteiger partial charge in [0.15, 0.2) is 0 Å². The smallest absolute Gasteiger partial charge is 0.248 e. The number of amides is 3. The maximum atomic E-state index is 13.7. The lowest BCUT2D eigenvalue weighted by Gasteiger charge is -2.37. The van der Waals surface area contributed by atoms with Gasteiger partial charge in [-0.3, -0.25) is 19.3 Å². The molecule has 2 aromatic rings. The molecule has 0 unspecified atom stereocenters. The fourth-order valence-corrected chi connectivity index (χ4v) is 6.51. The predicted octanol–water partition coefficient (Wildman–Crippen LogP) is 3.91. The van der Waals surface area contributed by atoms with Crippen molar-refractivity contribution in [3.8, 4) is 0 Å². The van der Waals surface area contributed by atoms with Crippen LogP contribution in [-0.4, -0.2) is 28.7 Å². The van der Waals surface area contributed by atoms with Gasteiger partial charge in [0.25, 0.3) is 0 Å². The van der Waals surface area contributed by atoms with Crippen molar-refractivity contribution in [3.63, 3.8) is 0 Å². The molecule has 3 fully saturated rings. The molecule has 5 aliphatic rings. The predicted molar refractivity (Wildman–Crippen MR) is 125 cm³/mol. The van der Waals surface area contributed by atoms with Crippen LogP contribution in [0.25, 0.3) is 0 Å². The van der Waals surface area contributed by atoms with Gasteiger partial charge in [-0.05, 0) is 66.7 Å². The number of hydrogen-bond acceptors (Lipinski definition) is 3. The van der Waals surface area contributed by atoms with Crippen LogP contribution < -0.4 is 5.32 Å². The van der Waals surface area contributed by atoms with E-state index in [1.54, 1.807) is 0 Å². The molecule has 2 aromatic carbocycles. The molecule has 1 N–H and O–H groups in total. The van der Waals surface area contributed by atoms with Crippen LogP contribution in [0, 0.1) is 49.4 Å². The Balaban J connectivity index is 1.34. The summed E-state index contributed by atoms with van der Waals surface area (Å²) in [6, 6.07) is 14.7. The number of allylic oxidation sites excluding steroid dienone is 2. The SMILES string of the molecule is Cc1ccc(C)c(NC(=O)[C@@H](Cc2ccccc2)N2C(=O)[C@H]3[C@@H]4C=C[C@H]([C@H]5C[C@H]45)[C@@H]3C2=O)c1. The Bertz CT molecular complexity index is 1150. The number of nitrogens with zero attached hydrogens (tertiary/aromatic N) is 1. The molecule has 7 atom stereocenters. The first kappa shape index (κ1) is 20.4. The van der Waals surface area contributed by atoms with Crippen LogP contribution in [0.5, 0.6) is 0 Å². The summed E-state index contributed by atoms with van der Waals surface area (Å²) in [6.45, 7) is 3.92. The average molecular weight is 441 g/mol. The van der Waals surface area contributed by atoms with Crippen LogP contribution in [0.2, 0.25) is 0 Å². The molecule has 0 radical (unpaired) electrons. The van der Waals surface area contributed by atoms with Crippen molar-refractivity contribution >= 4 is 23.4 Å². The van der Waals surface area contributed by atoms with E-state index < -0.39 is 6.04 Å². The molecule has 3 amide bonds. The molecule has 0 spiro atoms. The monoisotopic (exact) mass is 440 g/mol. The molecule has 168 valence electrons. The highest BCUT2D eigenvalue weighted by atomic mass is 16.2. The molecule has 0 aromatic heterocycles. The lowest BCUT2D eigenvalue weighted by Crippen LogP contribution is -2.49. The minimum Gasteiger partial charge on any atom is -0.324 e. The van der Waals surface area contributed by atoms with Gasteiger partial charge in [0.05, 0.1) is 11.8 Å². The largest absolute Gasteiger partial charge is 0.324 e. The number of likely N-dealkylation sites (tertiary alicyclic amines) is 1. The Hall–Kier alpha value is -3.21. The lowest BCUT2D eigenvalue weighted by atomic mass is 9.63. The van der Waals surface area contributed by atoms with E-state index in [9.17, 15) is 14.4 Å². The second-order valence-corrected chi connectivity index (χ2v) is 10.2. The molecule has 1 aliphatic heterocycles. The van der Waals surface area contributed by atoms with Gasteiger partial charge in [0.2, 0.25) is 17.7 Å². The number of anilines is 1. The summed E-state index contributed by atoms with van der Waals surface area (Å²) in [4.78, 5) is 42.4. The van der Waals surface area contributed by atoms with Crippen molar-refractivity contribution in [1.82, 2.24) is 4.90 Å². The minimum atomic E-state index is -0.867. The number of imide groups is 1. The first-order chi connectivity index (χ1) is 15.9. The standard InChI is InChI=1S/C28H28N2O3/c1-15-8-9-16(2)22(12-15)29-26(31)23(13-17-6-4-3-5-7-17)30-27(32)24-18-10-11-19(21-14-20(18)21)25(24)28(30)33/h3-12,18-21,23-25H,13-14H2,1-2H3,(H,29,31)/t18-,19-,20-,21-,23-,24+,25+/m1/s1. The van der Waals surface area contributed by atoms with Gasteiger partial charge in [-0.1, -0.05) is 54.6 Å².